The molecule has 0 bridgehead atoms. The van der Waals surface area contributed by atoms with Crippen LogP contribution in [0.2, 0.25) is 10.0 Å². The van der Waals surface area contributed by atoms with E-state index in [1.54, 1.807) is 44.4 Å². The van der Waals surface area contributed by atoms with E-state index < -0.39 is 0 Å². The minimum Gasteiger partial charge on any atom is -0.493 e. The number of benzene rings is 2. The molecule has 1 aliphatic rings. The quantitative estimate of drug-likeness (QED) is 0.491. The van der Waals surface area contributed by atoms with Gasteiger partial charge in [-0.2, -0.15) is 0 Å². The average molecular weight is 484 g/mol. The van der Waals surface area contributed by atoms with Crippen LogP contribution >= 0.6 is 23.2 Å². The van der Waals surface area contributed by atoms with Crippen LogP contribution in [0.3, 0.4) is 0 Å². The van der Waals surface area contributed by atoms with E-state index in [0.717, 1.165) is 18.4 Å². The van der Waals surface area contributed by atoms with Gasteiger partial charge in [0.1, 0.15) is 5.75 Å². The van der Waals surface area contributed by atoms with Crippen LogP contribution in [-0.2, 0) is 16.1 Å². The van der Waals surface area contributed by atoms with Crippen LogP contribution in [0.5, 0.6) is 23.0 Å². The summed E-state index contributed by atoms with van der Waals surface area (Å²) in [6.45, 7) is 1.31. The van der Waals surface area contributed by atoms with Gasteiger partial charge in [0.05, 0.1) is 32.5 Å². The molecule has 0 N–H and O–H groups in total. The molecule has 0 spiro atoms. The molecule has 32 heavy (non-hydrogen) atoms. The lowest BCUT2D eigenvalue weighted by molar-refractivity contribution is -0.135. The monoisotopic (exact) mass is 483 g/mol. The zero-order valence-electron chi connectivity index (χ0n) is 18.4. The third-order valence-corrected chi connectivity index (χ3v) is 5.67. The Morgan fingerprint density at radius 1 is 1.06 bits per heavy atom. The molecule has 1 heterocycles. The molecule has 2 aromatic carbocycles. The predicted molar refractivity (Wildman–Crippen MR) is 122 cm³/mol. The Kier molecular flexibility index (Phi) is 8.73. The number of carbonyl (C=O) groups is 1. The third-order valence-electron chi connectivity index (χ3n) is 5.14. The van der Waals surface area contributed by atoms with Gasteiger partial charge >= 0.3 is 0 Å². The molecule has 1 atom stereocenters. The number of rotatable bonds is 10. The number of ether oxygens (including phenoxy) is 5. The maximum Gasteiger partial charge on any atom is 0.260 e. The average Bonchev–Trinajstić information content (AvgIpc) is 3.30. The van der Waals surface area contributed by atoms with E-state index in [0.29, 0.717) is 52.7 Å². The van der Waals surface area contributed by atoms with Crippen molar-refractivity contribution < 1.29 is 28.5 Å². The first-order valence-electron chi connectivity index (χ1n) is 10.2. The molecule has 2 aromatic rings. The SMILES string of the molecule is COc1cc(CN(CC2CCCO2)C(=O)COc2ccc(Cl)cc2Cl)cc(OC)c1OC. The standard InChI is InChI=1S/C23H27Cl2NO6/c1-28-20-9-15(10-21(29-2)23(20)30-3)12-26(13-17-5-4-8-31-17)22(27)14-32-19-7-6-16(24)11-18(19)25/h6-7,9-11,17H,4-5,8,12-14H2,1-3H3. The second-order valence-electron chi connectivity index (χ2n) is 7.31. The van der Waals surface area contributed by atoms with Crippen LogP contribution in [0, 0.1) is 0 Å². The fourth-order valence-corrected chi connectivity index (χ4v) is 4.02. The minimum absolute atomic E-state index is 0.0138. The third kappa shape index (κ3) is 6.12. The lowest BCUT2D eigenvalue weighted by Crippen LogP contribution is -2.39. The van der Waals surface area contributed by atoms with Crippen molar-refractivity contribution >= 4 is 29.1 Å². The van der Waals surface area contributed by atoms with Crippen molar-refractivity contribution in [1.82, 2.24) is 4.90 Å². The highest BCUT2D eigenvalue weighted by molar-refractivity contribution is 6.35. The molecule has 0 saturated carbocycles. The summed E-state index contributed by atoms with van der Waals surface area (Å²) in [6.07, 6.45) is 1.87. The molecule has 1 fully saturated rings. The fraction of sp³-hybridized carbons (Fsp3) is 0.435. The van der Waals surface area contributed by atoms with Gasteiger partial charge in [-0.25, -0.2) is 0 Å². The van der Waals surface area contributed by atoms with Gasteiger partial charge in [0, 0.05) is 24.7 Å². The fourth-order valence-electron chi connectivity index (χ4n) is 3.56. The van der Waals surface area contributed by atoms with Crippen LogP contribution in [0.15, 0.2) is 30.3 Å². The number of methoxy groups -OCH3 is 3. The summed E-state index contributed by atoms with van der Waals surface area (Å²) < 4.78 is 27.7. The van der Waals surface area contributed by atoms with E-state index in [4.69, 9.17) is 46.9 Å². The molecule has 1 aliphatic heterocycles. The zero-order chi connectivity index (χ0) is 23.1. The van der Waals surface area contributed by atoms with E-state index >= 15 is 0 Å². The summed E-state index contributed by atoms with van der Waals surface area (Å²) in [6, 6.07) is 8.53. The van der Waals surface area contributed by atoms with Crippen molar-refractivity contribution in [3.8, 4) is 23.0 Å². The Bertz CT molecular complexity index is 908. The first-order chi connectivity index (χ1) is 15.4. The topological polar surface area (TPSA) is 66.5 Å². The van der Waals surface area contributed by atoms with Crippen LogP contribution < -0.4 is 18.9 Å². The molecule has 1 unspecified atom stereocenters. The van der Waals surface area contributed by atoms with Crippen LogP contribution in [0.25, 0.3) is 0 Å². The summed E-state index contributed by atoms with van der Waals surface area (Å²) in [5.74, 6) is 1.75. The van der Waals surface area contributed by atoms with Crippen molar-refractivity contribution in [2.75, 3.05) is 41.1 Å². The molecular formula is C23H27Cl2NO6. The molecule has 0 aliphatic carbocycles. The zero-order valence-corrected chi connectivity index (χ0v) is 19.9. The first kappa shape index (κ1) is 24.3. The van der Waals surface area contributed by atoms with Gasteiger partial charge in [-0.15, -0.1) is 0 Å². The highest BCUT2D eigenvalue weighted by Gasteiger charge is 2.24. The van der Waals surface area contributed by atoms with E-state index in [-0.39, 0.29) is 18.6 Å². The molecule has 7 nitrogen and oxygen atoms in total. The van der Waals surface area contributed by atoms with Gasteiger partial charge in [0.25, 0.3) is 5.91 Å². The van der Waals surface area contributed by atoms with Crippen molar-refractivity contribution in [1.29, 1.82) is 0 Å². The Morgan fingerprint density at radius 2 is 1.78 bits per heavy atom. The van der Waals surface area contributed by atoms with Crippen molar-refractivity contribution in [2.45, 2.75) is 25.5 Å². The van der Waals surface area contributed by atoms with Crippen LogP contribution in [-0.4, -0.2) is 58.0 Å². The number of hydrogen-bond acceptors (Lipinski definition) is 6. The minimum atomic E-state index is -0.194. The highest BCUT2D eigenvalue weighted by atomic mass is 35.5. The van der Waals surface area contributed by atoms with E-state index in [9.17, 15) is 4.79 Å². The number of hydrogen-bond donors (Lipinski definition) is 0. The Hall–Kier alpha value is -2.35. The van der Waals surface area contributed by atoms with Crippen LogP contribution in [0.1, 0.15) is 18.4 Å². The summed E-state index contributed by atoms with van der Waals surface area (Å²) in [4.78, 5) is 14.8. The van der Waals surface area contributed by atoms with E-state index in [1.165, 1.54) is 0 Å². The molecule has 3 rings (SSSR count). The second-order valence-corrected chi connectivity index (χ2v) is 8.15. The van der Waals surface area contributed by atoms with Gasteiger partial charge in [-0.3, -0.25) is 4.79 Å². The second kappa shape index (κ2) is 11.5. The maximum atomic E-state index is 13.1. The Morgan fingerprint density at radius 3 is 2.34 bits per heavy atom. The largest absolute Gasteiger partial charge is 0.493 e. The van der Waals surface area contributed by atoms with Gasteiger partial charge in [0.2, 0.25) is 5.75 Å². The predicted octanol–water partition coefficient (Wildman–Crippen LogP) is 4.61. The summed E-state index contributed by atoms with van der Waals surface area (Å²) in [5, 5.41) is 0.844. The number of amides is 1. The molecule has 0 aromatic heterocycles. The number of nitrogens with zero attached hydrogens (tertiary/aromatic N) is 1. The van der Waals surface area contributed by atoms with Gasteiger partial charge < -0.3 is 28.6 Å². The number of halogens is 2. The molecule has 9 heteroatoms. The summed E-state index contributed by atoms with van der Waals surface area (Å²) in [5.41, 5.74) is 0.829. The molecule has 174 valence electrons. The van der Waals surface area contributed by atoms with Crippen molar-refractivity contribution in [3.63, 3.8) is 0 Å². The van der Waals surface area contributed by atoms with E-state index in [1.807, 2.05) is 12.1 Å². The lowest BCUT2D eigenvalue weighted by atomic mass is 10.1. The van der Waals surface area contributed by atoms with E-state index in [2.05, 4.69) is 0 Å². The van der Waals surface area contributed by atoms with Crippen LogP contribution in [0.4, 0.5) is 0 Å². The lowest BCUT2D eigenvalue weighted by Gasteiger charge is -2.26. The summed E-state index contributed by atoms with van der Waals surface area (Å²) in [7, 11) is 4.66. The normalized spacial score (nSPS) is 15.3. The molecule has 1 saturated heterocycles. The Balaban J connectivity index is 1.78. The maximum absolute atomic E-state index is 13.1. The first-order valence-corrected chi connectivity index (χ1v) is 11.0. The summed E-state index contributed by atoms with van der Waals surface area (Å²) >= 11 is 12.1. The Labute approximate surface area is 198 Å². The molecule has 1 amide bonds. The van der Waals surface area contributed by atoms with Crippen molar-refractivity contribution in [2.24, 2.45) is 0 Å². The highest BCUT2D eigenvalue weighted by Crippen LogP contribution is 2.38. The smallest absolute Gasteiger partial charge is 0.260 e. The molecule has 0 radical (unpaired) electrons. The number of carbonyl (C=O) groups excluding carboxylic acids is 1. The molecular weight excluding hydrogens is 457 g/mol. The van der Waals surface area contributed by atoms with Crippen molar-refractivity contribution in [3.05, 3.63) is 45.9 Å². The van der Waals surface area contributed by atoms with Gasteiger partial charge in [-0.1, -0.05) is 23.2 Å². The van der Waals surface area contributed by atoms with Gasteiger partial charge in [0.15, 0.2) is 18.1 Å². The van der Waals surface area contributed by atoms with Gasteiger partial charge in [-0.05, 0) is 48.7 Å².